The summed E-state index contributed by atoms with van der Waals surface area (Å²) in [4.78, 5) is 0. The molecule has 21 heavy (non-hydrogen) atoms. The van der Waals surface area contributed by atoms with E-state index in [9.17, 15) is 0 Å². The molecule has 0 saturated carbocycles. The van der Waals surface area contributed by atoms with Gasteiger partial charge in [-0.1, -0.05) is 30.3 Å². The van der Waals surface area contributed by atoms with E-state index in [0.717, 1.165) is 28.0 Å². The van der Waals surface area contributed by atoms with Crippen LogP contribution in [-0.4, -0.2) is 0 Å². The molecule has 0 saturated heterocycles. The summed E-state index contributed by atoms with van der Waals surface area (Å²) in [6.45, 7) is 4.18. The molecule has 0 amide bonds. The zero-order valence-corrected chi connectivity index (χ0v) is 12.2. The van der Waals surface area contributed by atoms with Crippen LogP contribution in [0.4, 0.5) is 17.1 Å². The fourth-order valence-electron chi connectivity index (χ4n) is 2.35. The molecule has 3 aromatic rings. The van der Waals surface area contributed by atoms with Gasteiger partial charge in [0.1, 0.15) is 0 Å². The van der Waals surface area contributed by atoms with Crippen molar-refractivity contribution < 1.29 is 0 Å². The number of azo groups is 1. The van der Waals surface area contributed by atoms with Gasteiger partial charge >= 0.3 is 0 Å². The summed E-state index contributed by atoms with van der Waals surface area (Å²) in [7, 11) is 0. The van der Waals surface area contributed by atoms with Crippen LogP contribution in [0.1, 0.15) is 11.1 Å². The molecule has 0 bridgehead atoms. The molecule has 0 aliphatic carbocycles. The van der Waals surface area contributed by atoms with Gasteiger partial charge in [-0.15, -0.1) is 5.11 Å². The van der Waals surface area contributed by atoms with Crippen LogP contribution in [0.25, 0.3) is 10.8 Å². The van der Waals surface area contributed by atoms with E-state index >= 15 is 0 Å². The maximum atomic E-state index is 5.68. The highest BCUT2D eigenvalue weighted by Crippen LogP contribution is 2.33. The normalized spacial score (nSPS) is 11.3. The lowest BCUT2D eigenvalue weighted by Gasteiger charge is -2.08. The predicted molar refractivity (Wildman–Crippen MR) is 88.5 cm³/mol. The van der Waals surface area contributed by atoms with Gasteiger partial charge in [0.15, 0.2) is 0 Å². The second-order valence-electron chi connectivity index (χ2n) is 5.18. The first kappa shape index (κ1) is 13.3. The van der Waals surface area contributed by atoms with E-state index in [1.807, 2.05) is 36.4 Å². The molecule has 3 heteroatoms. The summed E-state index contributed by atoms with van der Waals surface area (Å²) in [5, 5.41) is 11.1. The highest BCUT2D eigenvalue weighted by Gasteiger charge is 2.07. The minimum Gasteiger partial charge on any atom is -0.399 e. The van der Waals surface area contributed by atoms with Crippen molar-refractivity contribution in [2.75, 3.05) is 5.73 Å². The maximum absolute atomic E-state index is 5.68. The van der Waals surface area contributed by atoms with Gasteiger partial charge in [-0.05, 0) is 54.6 Å². The standard InChI is InChI=1S/C18H17N3/c1-12-11-14-5-3-4-6-17(14)18(13(12)2)21-20-16-9-7-15(19)8-10-16/h3-11H,19H2,1-2H3. The summed E-state index contributed by atoms with van der Waals surface area (Å²) in [6, 6.07) is 17.8. The third-order valence-corrected chi connectivity index (χ3v) is 3.69. The SMILES string of the molecule is Cc1cc2ccccc2c(N=Nc2ccc(N)cc2)c1C. The molecule has 0 atom stereocenters. The molecular weight excluding hydrogens is 258 g/mol. The largest absolute Gasteiger partial charge is 0.399 e. The number of nitrogen functional groups attached to an aromatic ring is 1. The number of rotatable bonds is 2. The Morgan fingerprint density at radius 1 is 0.857 bits per heavy atom. The van der Waals surface area contributed by atoms with Gasteiger partial charge in [-0.2, -0.15) is 5.11 Å². The molecule has 3 aromatic carbocycles. The van der Waals surface area contributed by atoms with Crippen LogP contribution in [0.15, 0.2) is 64.8 Å². The average Bonchev–Trinajstić information content (AvgIpc) is 2.49. The van der Waals surface area contributed by atoms with Crippen molar-refractivity contribution in [3.8, 4) is 0 Å². The number of aryl methyl sites for hydroxylation is 1. The molecule has 3 nitrogen and oxygen atoms in total. The Labute approximate surface area is 124 Å². The Morgan fingerprint density at radius 2 is 1.57 bits per heavy atom. The number of nitrogens with two attached hydrogens (primary N) is 1. The van der Waals surface area contributed by atoms with Crippen LogP contribution in [0, 0.1) is 13.8 Å². The molecule has 3 rings (SSSR count). The average molecular weight is 275 g/mol. The Balaban J connectivity index is 2.11. The molecule has 0 heterocycles. The lowest BCUT2D eigenvalue weighted by atomic mass is 10.0. The number of anilines is 1. The van der Waals surface area contributed by atoms with Gasteiger partial charge in [0, 0.05) is 11.1 Å². The van der Waals surface area contributed by atoms with Crippen molar-refractivity contribution in [1.29, 1.82) is 0 Å². The van der Waals surface area contributed by atoms with E-state index in [1.54, 1.807) is 0 Å². The number of hydrogen-bond acceptors (Lipinski definition) is 3. The van der Waals surface area contributed by atoms with E-state index in [1.165, 1.54) is 10.9 Å². The molecule has 0 unspecified atom stereocenters. The second-order valence-corrected chi connectivity index (χ2v) is 5.18. The topological polar surface area (TPSA) is 50.7 Å². The molecule has 0 aliphatic heterocycles. The summed E-state index contributed by atoms with van der Waals surface area (Å²) in [5.41, 5.74) is 10.5. The van der Waals surface area contributed by atoms with E-state index in [2.05, 4.69) is 42.3 Å². The monoisotopic (exact) mass is 275 g/mol. The molecule has 0 aliphatic rings. The zero-order chi connectivity index (χ0) is 14.8. The van der Waals surface area contributed by atoms with Gasteiger partial charge in [0.2, 0.25) is 0 Å². The third kappa shape index (κ3) is 2.63. The Kier molecular flexibility index (Phi) is 3.40. The summed E-state index contributed by atoms with van der Waals surface area (Å²) >= 11 is 0. The summed E-state index contributed by atoms with van der Waals surface area (Å²) < 4.78 is 0. The number of benzene rings is 3. The summed E-state index contributed by atoms with van der Waals surface area (Å²) in [6.07, 6.45) is 0. The third-order valence-electron chi connectivity index (χ3n) is 3.69. The van der Waals surface area contributed by atoms with E-state index in [4.69, 9.17) is 5.73 Å². The smallest absolute Gasteiger partial charge is 0.0967 e. The lowest BCUT2D eigenvalue weighted by molar-refractivity contribution is 1.21. The number of fused-ring (bicyclic) bond motifs is 1. The molecule has 0 radical (unpaired) electrons. The maximum Gasteiger partial charge on any atom is 0.0967 e. The predicted octanol–water partition coefficient (Wildman–Crippen LogP) is 5.45. The van der Waals surface area contributed by atoms with Gasteiger partial charge in [0.05, 0.1) is 11.4 Å². The molecule has 0 spiro atoms. The van der Waals surface area contributed by atoms with Crippen molar-refractivity contribution >= 4 is 27.8 Å². The molecule has 0 aromatic heterocycles. The van der Waals surface area contributed by atoms with Gasteiger partial charge in [-0.3, -0.25) is 0 Å². The fourth-order valence-corrected chi connectivity index (χ4v) is 2.35. The van der Waals surface area contributed by atoms with Crippen LogP contribution < -0.4 is 5.73 Å². The number of hydrogen-bond donors (Lipinski definition) is 1. The van der Waals surface area contributed by atoms with Crippen molar-refractivity contribution in [1.82, 2.24) is 0 Å². The van der Waals surface area contributed by atoms with Crippen molar-refractivity contribution in [2.45, 2.75) is 13.8 Å². The lowest BCUT2D eigenvalue weighted by Crippen LogP contribution is -1.84. The minimum absolute atomic E-state index is 0.728. The molecular formula is C18H17N3. The molecule has 2 N–H and O–H groups in total. The molecule has 0 fully saturated rings. The van der Waals surface area contributed by atoms with Gasteiger partial charge < -0.3 is 5.73 Å². The van der Waals surface area contributed by atoms with E-state index < -0.39 is 0 Å². The molecule has 104 valence electrons. The first-order valence-corrected chi connectivity index (χ1v) is 6.91. The van der Waals surface area contributed by atoms with Crippen LogP contribution in [0.2, 0.25) is 0 Å². The quantitative estimate of drug-likeness (QED) is 0.490. The summed E-state index contributed by atoms with van der Waals surface area (Å²) in [5.74, 6) is 0. The minimum atomic E-state index is 0.728. The second kappa shape index (κ2) is 5.37. The van der Waals surface area contributed by atoms with Gasteiger partial charge in [0.25, 0.3) is 0 Å². The Hall–Kier alpha value is -2.68. The van der Waals surface area contributed by atoms with Crippen LogP contribution in [0.5, 0.6) is 0 Å². The van der Waals surface area contributed by atoms with Crippen molar-refractivity contribution in [3.05, 3.63) is 65.7 Å². The van der Waals surface area contributed by atoms with Crippen LogP contribution in [0.3, 0.4) is 0 Å². The van der Waals surface area contributed by atoms with Crippen LogP contribution in [-0.2, 0) is 0 Å². The fraction of sp³-hybridized carbons (Fsp3) is 0.111. The highest BCUT2D eigenvalue weighted by molar-refractivity contribution is 5.94. The zero-order valence-electron chi connectivity index (χ0n) is 12.2. The van der Waals surface area contributed by atoms with Crippen molar-refractivity contribution in [2.24, 2.45) is 10.2 Å². The Bertz CT molecular complexity index is 818. The van der Waals surface area contributed by atoms with Gasteiger partial charge in [-0.25, -0.2) is 0 Å². The number of nitrogens with zero attached hydrogens (tertiary/aromatic N) is 2. The Morgan fingerprint density at radius 3 is 2.33 bits per heavy atom. The van der Waals surface area contributed by atoms with E-state index in [0.29, 0.717) is 0 Å². The van der Waals surface area contributed by atoms with E-state index in [-0.39, 0.29) is 0 Å². The highest BCUT2D eigenvalue weighted by atomic mass is 15.1. The first-order chi connectivity index (χ1) is 10.1. The first-order valence-electron chi connectivity index (χ1n) is 6.91. The van der Waals surface area contributed by atoms with Crippen molar-refractivity contribution in [3.63, 3.8) is 0 Å². The van der Waals surface area contributed by atoms with Crippen LogP contribution >= 0.6 is 0 Å².